The molecule has 13 nitrogen and oxygen atoms in total. The summed E-state index contributed by atoms with van der Waals surface area (Å²) in [6.07, 6.45) is 2.28. The molecule has 14 heteroatoms. The SMILES string of the molecule is COC(=O)N[C@H](C(=O)N1CCC[C@H]1c1ccc(-c2ccc(-c3ccc(-c4cnc([C@@H]5SCCN5C(=O)[C@@H](NC(=O)OC)C(C)C)[nH]4)cc3)cc2)[nH]1)C(C)C. The molecule has 0 radical (unpaired) electrons. The summed E-state index contributed by atoms with van der Waals surface area (Å²) in [5.74, 6) is 1.00. The van der Waals surface area contributed by atoms with Crippen LogP contribution in [-0.2, 0) is 19.1 Å². The summed E-state index contributed by atoms with van der Waals surface area (Å²) in [5, 5.41) is 5.11. The normalized spacial score (nSPS) is 18.1. The molecule has 54 heavy (non-hydrogen) atoms. The van der Waals surface area contributed by atoms with Gasteiger partial charge in [0.15, 0.2) is 0 Å². The van der Waals surface area contributed by atoms with Gasteiger partial charge in [-0.3, -0.25) is 9.59 Å². The summed E-state index contributed by atoms with van der Waals surface area (Å²) < 4.78 is 9.51. The van der Waals surface area contributed by atoms with Crippen molar-refractivity contribution in [3.8, 4) is 33.6 Å². The standard InChI is InChI=1S/C40H49N7O6S/c1-23(2)33(44-39(50)52-5)36(48)46-19-7-8-32(46)30-18-17-29(42-30)27-13-9-25(10-14-27)26-11-15-28(16-12-26)31-22-41-35(43-31)38-47(20-21-54-38)37(49)34(24(3)4)45-40(51)53-6/h9-18,22-24,32-34,38,42H,7-8,19-21H2,1-6H3,(H,41,43)(H,44,50)(H,45,51)/t32-,33-,34-,38-/m0/s1. The van der Waals surface area contributed by atoms with Crippen LogP contribution in [0.15, 0.2) is 66.9 Å². The monoisotopic (exact) mass is 755 g/mol. The molecular formula is C40H49N7O6S. The molecule has 4 N–H and O–H groups in total. The van der Waals surface area contributed by atoms with Crippen molar-refractivity contribution in [1.82, 2.24) is 35.4 Å². The number of aromatic amines is 2. The summed E-state index contributed by atoms with van der Waals surface area (Å²) in [5.41, 5.74) is 6.94. The lowest BCUT2D eigenvalue weighted by molar-refractivity contribution is -0.135. The van der Waals surface area contributed by atoms with Gasteiger partial charge >= 0.3 is 12.2 Å². The molecule has 2 aromatic carbocycles. The van der Waals surface area contributed by atoms with Crippen molar-refractivity contribution in [2.45, 2.75) is 64.0 Å². The third kappa shape index (κ3) is 8.28. The number of benzene rings is 2. The molecule has 6 rings (SSSR count). The van der Waals surface area contributed by atoms with Gasteiger partial charge in [-0.05, 0) is 59.1 Å². The number of carbonyl (C=O) groups excluding carboxylic acids is 4. The molecule has 4 aromatic rings. The summed E-state index contributed by atoms with van der Waals surface area (Å²) in [6.45, 7) is 8.81. The average Bonchev–Trinajstić information content (AvgIpc) is 4.02. The Labute approximate surface area is 320 Å². The van der Waals surface area contributed by atoms with E-state index in [0.717, 1.165) is 57.9 Å². The van der Waals surface area contributed by atoms with Crippen molar-refractivity contribution in [1.29, 1.82) is 0 Å². The molecule has 2 saturated heterocycles. The number of imidazole rings is 1. The van der Waals surface area contributed by atoms with Crippen molar-refractivity contribution in [3.05, 3.63) is 78.4 Å². The second kappa shape index (κ2) is 16.8. The third-order valence-electron chi connectivity index (χ3n) is 10.1. The van der Waals surface area contributed by atoms with Gasteiger partial charge in [0.2, 0.25) is 11.8 Å². The predicted molar refractivity (Wildman–Crippen MR) is 208 cm³/mol. The number of thioether (sulfide) groups is 1. The van der Waals surface area contributed by atoms with Gasteiger partial charge in [0.1, 0.15) is 23.3 Å². The summed E-state index contributed by atoms with van der Waals surface area (Å²) >= 11 is 1.64. The van der Waals surface area contributed by atoms with Crippen molar-refractivity contribution in [3.63, 3.8) is 0 Å². The van der Waals surface area contributed by atoms with E-state index in [1.165, 1.54) is 14.2 Å². The Morgan fingerprint density at radius 2 is 1.26 bits per heavy atom. The van der Waals surface area contributed by atoms with Crippen LogP contribution < -0.4 is 10.6 Å². The third-order valence-corrected chi connectivity index (χ3v) is 11.3. The van der Waals surface area contributed by atoms with Crippen LogP contribution in [0.3, 0.4) is 0 Å². The van der Waals surface area contributed by atoms with Gasteiger partial charge in [0, 0.05) is 30.2 Å². The van der Waals surface area contributed by atoms with E-state index in [4.69, 9.17) is 9.47 Å². The van der Waals surface area contributed by atoms with Gasteiger partial charge in [0.05, 0.1) is 32.2 Å². The smallest absolute Gasteiger partial charge is 0.407 e. The molecule has 0 bridgehead atoms. The molecule has 0 spiro atoms. The quantitative estimate of drug-likeness (QED) is 0.131. The van der Waals surface area contributed by atoms with E-state index in [2.05, 4.69) is 74.1 Å². The molecule has 0 saturated carbocycles. The molecule has 0 unspecified atom stereocenters. The molecule has 286 valence electrons. The highest BCUT2D eigenvalue weighted by atomic mass is 32.2. The van der Waals surface area contributed by atoms with E-state index in [1.807, 2.05) is 44.7 Å². The predicted octanol–water partition coefficient (Wildman–Crippen LogP) is 6.74. The number of likely N-dealkylation sites (tertiary alicyclic amines) is 1. The summed E-state index contributed by atoms with van der Waals surface area (Å²) in [4.78, 5) is 66.2. The van der Waals surface area contributed by atoms with E-state index < -0.39 is 24.3 Å². The highest BCUT2D eigenvalue weighted by Gasteiger charge is 2.39. The maximum atomic E-state index is 13.5. The zero-order chi connectivity index (χ0) is 38.5. The number of carbonyl (C=O) groups is 4. The lowest BCUT2D eigenvalue weighted by atomic mass is 10.0. The zero-order valence-electron chi connectivity index (χ0n) is 31.5. The molecule has 2 fully saturated rings. The number of aromatic nitrogens is 3. The fourth-order valence-electron chi connectivity index (χ4n) is 7.10. The average molecular weight is 756 g/mol. The number of ether oxygens (including phenoxy) is 2. The number of alkyl carbamates (subject to hydrolysis) is 2. The van der Waals surface area contributed by atoms with E-state index in [9.17, 15) is 19.2 Å². The minimum atomic E-state index is -0.697. The van der Waals surface area contributed by atoms with E-state index in [-0.39, 0.29) is 35.1 Å². The minimum absolute atomic E-state index is 0.0845. The van der Waals surface area contributed by atoms with Gasteiger partial charge in [-0.15, -0.1) is 11.8 Å². The van der Waals surface area contributed by atoms with Crippen LogP contribution >= 0.6 is 11.8 Å². The van der Waals surface area contributed by atoms with Gasteiger partial charge in [-0.25, -0.2) is 14.6 Å². The van der Waals surface area contributed by atoms with Crippen molar-refractivity contribution < 1.29 is 28.7 Å². The fourth-order valence-corrected chi connectivity index (χ4v) is 8.29. The van der Waals surface area contributed by atoms with Crippen molar-refractivity contribution in [2.24, 2.45) is 11.8 Å². The van der Waals surface area contributed by atoms with Crippen LogP contribution in [0.4, 0.5) is 9.59 Å². The Kier molecular flexibility index (Phi) is 12.0. The maximum Gasteiger partial charge on any atom is 0.407 e. The van der Waals surface area contributed by atoms with Gasteiger partial charge < -0.3 is 39.9 Å². The van der Waals surface area contributed by atoms with Crippen LogP contribution in [0.1, 0.15) is 63.5 Å². The van der Waals surface area contributed by atoms with Crippen LogP contribution in [0.2, 0.25) is 0 Å². The van der Waals surface area contributed by atoms with Crippen LogP contribution in [0.25, 0.3) is 33.6 Å². The summed E-state index contributed by atoms with van der Waals surface area (Å²) in [7, 11) is 2.58. The van der Waals surface area contributed by atoms with Crippen molar-refractivity contribution >= 4 is 35.8 Å². The Morgan fingerprint density at radius 1 is 0.722 bits per heavy atom. The Bertz CT molecular complexity index is 1800. The first-order chi connectivity index (χ1) is 26.0. The number of hydrogen-bond acceptors (Lipinski definition) is 8. The van der Waals surface area contributed by atoms with Gasteiger partial charge in [-0.1, -0.05) is 76.2 Å². The van der Waals surface area contributed by atoms with E-state index >= 15 is 0 Å². The Morgan fingerprint density at radius 3 is 1.81 bits per heavy atom. The molecule has 4 amide bonds. The second-order valence-corrected chi connectivity index (χ2v) is 15.5. The fraction of sp³-hybridized carbons (Fsp3) is 0.425. The number of methoxy groups -OCH3 is 2. The number of rotatable bonds is 11. The van der Waals surface area contributed by atoms with E-state index in [0.29, 0.717) is 18.9 Å². The van der Waals surface area contributed by atoms with Crippen LogP contribution in [0.5, 0.6) is 0 Å². The number of nitrogens with one attached hydrogen (secondary N) is 4. The first kappa shape index (κ1) is 38.5. The maximum absolute atomic E-state index is 13.5. The summed E-state index contributed by atoms with van der Waals surface area (Å²) in [6, 6.07) is 19.3. The largest absolute Gasteiger partial charge is 0.453 e. The zero-order valence-corrected chi connectivity index (χ0v) is 32.4. The first-order valence-electron chi connectivity index (χ1n) is 18.4. The Hall–Kier alpha value is -5.24. The first-order valence-corrected chi connectivity index (χ1v) is 19.4. The lowest BCUT2D eigenvalue weighted by Gasteiger charge is -2.30. The number of H-pyrrole nitrogens is 2. The highest BCUT2D eigenvalue weighted by Crippen LogP contribution is 2.38. The molecule has 2 aromatic heterocycles. The molecule has 2 aliphatic rings. The van der Waals surface area contributed by atoms with Gasteiger partial charge in [-0.2, -0.15) is 0 Å². The highest BCUT2D eigenvalue weighted by molar-refractivity contribution is 7.99. The van der Waals surface area contributed by atoms with Crippen LogP contribution in [-0.4, -0.2) is 93.9 Å². The topological polar surface area (TPSA) is 162 Å². The molecule has 4 heterocycles. The van der Waals surface area contributed by atoms with Crippen molar-refractivity contribution in [2.75, 3.05) is 33.1 Å². The number of hydrogen-bond donors (Lipinski definition) is 4. The van der Waals surface area contributed by atoms with Gasteiger partial charge in [0.25, 0.3) is 0 Å². The minimum Gasteiger partial charge on any atom is -0.453 e. The Balaban J connectivity index is 1.11. The lowest BCUT2D eigenvalue weighted by Crippen LogP contribution is -2.51. The second-order valence-electron chi connectivity index (χ2n) is 14.3. The number of amides is 4. The number of nitrogens with zero attached hydrogens (tertiary/aromatic N) is 3. The molecule has 2 aliphatic heterocycles. The van der Waals surface area contributed by atoms with E-state index in [1.54, 1.807) is 22.9 Å². The van der Waals surface area contributed by atoms with Crippen LogP contribution in [0, 0.1) is 11.8 Å². The molecular weight excluding hydrogens is 707 g/mol. The molecule has 4 atom stereocenters. The molecule has 0 aliphatic carbocycles.